The van der Waals surface area contributed by atoms with Crippen LogP contribution in [0.3, 0.4) is 0 Å². The minimum atomic E-state index is 0. The van der Waals surface area contributed by atoms with Crippen LogP contribution < -0.4 is 0 Å². The lowest BCUT2D eigenvalue weighted by Gasteiger charge is -1.97. The molecule has 1 rings (SSSR count). The zero-order chi connectivity index (χ0) is 7.40. The zero-order valence-electron chi connectivity index (χ0n) is 5.94. The van der Waals surface area contributed by atoms with Gasteiger partial charge in [0.2, 0.25) is 5.90 Å². The predicted octanol–water partition coefficient (Wildman–Crippen LogP) is 0.870. The third-order valence-corrected chi connectivity index (χ3v) is 1.03. The van der Waals surface area contributed by atoms with E-state index < -0.39 is 0 Å². The second kappa shape index (κ2) is 4.62. The first kappa shape index (κ1) is 9.84. The zero-order valence-corrected chi connectivity index (χ0v) is 6.76. The van der Waals surface area contributed by atoms with Gasteiger partial charge in [0.25, 0.3) is 0 Å². The first-order chi connectivity index (χ1) is 4.84. The van der Waals surface area contributed by atoms with Crippen LogP contribution in [0, 0.1) is 5.41 Å². The second-order valence-electron chi connectivity index (χ2n) is 1.66. The van der Waals surface area contributed by atoms with Crippen LogP contribution in [0.2, 0.25) is 0 Å². The third kappa shape index (κ3) is 2.51. The molecule has 0 aromatic carbocycles. The molecule has 60 valence electrons. The van der Waals surface area contributed by atoms with E-state index in [1.807, 2.05) is 0 Å². The Balaban J connectivity index is 0.000001000. The van der Waals surface area contributed by atoms with Gasteiger partial charge in [-0.2, -0.15) is 0 Å². The summed E-state index contributed by atoms with van der Waals surface area (Å²) in [7, 11) is 1.44. The smallest absolute Gasteiger partial charge is 0.216 e. The summed E-state index contributed by atoms with van der Waals surface area (Å²) in [6.45, 7) is 0. The van der Waals surface area contributed by atoms with E-state index in [9.17, 15) is 0 Å². The fourth-order valence-corrected chi connectivity index (χ4v) is 0.534. The Hall–Kier alpha value is -1.16. The lowest BCUT2D eigenvalue weighted by Crippen LogP contribution is -2.01. The van der Waals surface area contributed by atoms with Gasteiger partial charge in [-0.25, -0.2) is 9.97 Å². The van der Waals surface area contributed by atoms with Gasteiger partial charge in [-0.1, -0.05) is 0 Å². The molecular weight excluding hydrogens is 166 g/mol. The highest BCUT2D eigenvalue weighted by molar-refractivity contribution is 5.90. The van der Waals surface area contributed by atoms with Crippen molar-refractivity contribution in [2.24, 2.45) is 0 Å². The molecule has 4 nitrogen and oxygen atoms in total. The molecule has 0 saturated carbocycles. The molecule has 1 aromatic heterocycles. The van der Waals surface area contributed by atoms with E-state index in [2.05, 4.69) is 14.7 Å². The van der Waals surface area contributed by atoms with Gasteiger partial charge in [0.15, 0.2) is 0 Å². The van der Waals surface area contributed by atoms with Gasteiger partial charge in [0, 0.05) is 12.4 Å². The average Bonchev–Trinajstić information content (AvgIpc) is 2.05. The first-order valence-electron chi connectivity index (χ1n) is 2.72. The highest BCUT2D eigenvalue weighted by Crippen LogP contribution is 1.93. The third-order valence-electron chi connectivity index (χ3n) is 1.03. The van der Waals surface area contributed by atoms with Crippen molar-refractivity contribution in [1.29, 1.82) is 5.41 Å². The normalized spacial score (nSPS) is 8.09. The molecule has 0 atom stereocenters. The van der Waals surface area contributed by atoms with Gasteiger partial charge in [-0.05, 0) is 0 Å². The number of ether oxygens (including phenoxy) is 1. The number of nitrogens with one attached hydrogen (secondary N) is 1. The Kier molecular flexibility index (Phi) is 4.14. The van der Waals surface area contributed by atoms with Crippen LogP contribution in [-0.2, 0) is 4.74 Å². The van der Waals surface area contributed by atoms with Gasteiger partial charge in [-0.3, -0.25) is 5.41 Å². The molecule has 1 N–H and O–H groups in total. The molecule has 1 heterocycles. The topological polar surface area (TPSA) is 58.9 Å². The summed E-state index contributed by atoms with van der Waals surface area (Å²) in [5.41, 5.74) is 0.588. The lowest BCUT2D eigenvalue weighted by atomic mass is 10.3. The second-order valence-corrected chi connectivity index (χ2v) is 1.66. The Labute approximate surface area is 70.6 Å². The van der Waals surface area contributed by atoms with E-state index in [0.29, 0.717) is 5.56 Å². The van der Waals surface area contributed by atoms with Crippen molar-refractivity contribution >= 4 is 18.3 Å². The van der Waals surface area contributed by atoms with Crippen molar-refractivity contribution in [1.82, 2.24) is 9.97 Å². The summed E-state index contributed by atoms with van der Waals surface area (Å²) >= 11 is 0. The molecule has 0 bridgehead atoms. The minimum absolute atomic E-state index is 0. The molecular formula is C6H8ClN3O. The Morgan fingerprint density at radius 1 is 1.45 bits per heavy atom. The summed E-state index contributed by atoms with van der Waals surface area (Å²) < 4.78 is 4.64. The minimum Gasteiger partial charge on any atom is -0.481 e. The molecule has 0 fully saturated rings. The number of aromatic nitrogens is 2. The summed E-state index contributed by atoms with van der Waals surface area (Å²) in [5, 5.41) is 7.18. The van der Waals surface area contributed by atoms with E-state index in [1.165, 1.54) is 25.8 Å². The summed E-state index contributed by atoms with van der Waals surface area (Å²) in [6, 6.07) is 0. The molecule has 0 saturated heterocycles. The summed E-state index contributed by atoms with van der Waals surface area (Å²) in [4.78, 5) is 7.44. The molecule has 0 unspecified atom stereocenters. The van der Waals surface area contributed by atoms with Crippen LogP contribution in [0.4, 0.5) is 0 Å². The van der Waals surface area contributed by atoms with E-state index in [4.69, 9.17) is 5.41 Å². The lowest BCUT2D eigenvalue weighted by molar-refractivity contribution is 0.401. The predicted molar refractivity (Wildman–Crippen MR) is 43.1 cm³/mol. The van der Waals surface area contributed by atoms with Gasteiger partial charge < -0.3 is 4.74 Å². The number of nitrogens with zero attached hydrogens (tertiary/aromatic N) is 2. The largest absolute Gasteiger partial charge is 0.481 e. The molecule has 11 heavy (non-hydrogen) atoms. The van der Waals surface area contributed by atoms with E-state index in [-0.39, 0.29) is 18.3 Å². The quantitative estimate of drug-likeness (QED) is 0.507. The SMILES string of the molecule is COC(=N)c1cncnc1.Cl. The van der Waals surface area contributed by atoms with Crippen molar-refractivity contribution in [2.45, 2.75) is 0 Å². The molecule has 0 aliphatic carbocycles. The maximum atomic E-state index is 7.18. The van der Waals surface area contributed by atoms with Crippen molar-refractivity contribution < 1.29 is 4.74 Å². The Morgan fingerprint density at radius 3 is 2.45 bits per heavy atom. The van der Waals surface area contributed by atoms with Crippen molar-refractivity contribution in [3.05, 3.63) is 24.3 Å². The fraction of sp³-hybridized carbons (Fsp3) is 0.167. The Bertz CT molecular complexity index is 227. The number of methoxy groups -OCH3 is 1. The molecule has 1 aromatic rings. The molecule has 5 heteroatoms. The van der Waals surface area contributed by atoms with Gasteiger partial charge >= 0.3 is 0 Å². The summed E-state index contributed by atoms with van der Waals surface area (Å²) in [6.07, 6.45) is 4.46. The van der Waals surface area contributed by atoms with Gasteiger partial charge in [-0.15, -0.1) is 12.4 Å². The van der Waals surface area contributed by atoms with Crippen LogP contribution in [0.5, 0.6) is 0 Å². The van der Waals surface area contributed by atoms with Gasteiger partial charge in [0.05, 0.1) is 12.7 Å². The van der Waals surface area contributed by atoms with Crippen LogP contribution in [0.15, 0.2) is 18.7 Å². The molecule has 0 amide bonds. The average molecular weight is 174 g/mol. The van der Waals surface area contributed by atoms with Crippen molar-refractivity contribution in [3.63, 3.8) is 0 Å². The van der Waals surface area contributed by atoms with Crippen molar-refractivity contribution in [2.75, 3.05) is 7.11 Å². The number of hydrogen-bond donors (Lipinski definition) is 1. The van der Waals surface area contributed by atoms with E-state index in [0.717, 1.165) is 0 Å². The molecule has 0 aliphatic heterocycles. The Morgan fingerprint density at radius 2 is 2.00 bits per heavy atom. The van der Waals surface area contributed by atoms with E-state index >= 15 is 0 Å². The monoisotopic (exact) mass is 173 g/mol. The highest BCUT2D eigenvalue weighted by atomic mass is 35.5. The van der Waals surface area contributed by atoms with Crippen molar-refractivity contribution in [3.8, 4) is 0 Å². The summed E-state index contributed by atoms with van der Waals surface area (Å²) in [5.74, 6) is 0.0839. The van der Waals surface area contributed by atoms with Crippen LogP contribution in [-0.4, -0.2) is 23.0 Å². The van der Waals surface area contributed by atoms with E-state index in [1.54, 1.807) is 0 Å². The fourth-order valence-electron chi connectivity index (χ4n) is 0.534. The standard InChI is InChI=1S/C6H7N3O.ClH/c1-10-6(7)5-2-8-4-9-3-5;/h2-4,7H,1H3;1H. The maximum Gasteiger partial charge on any atom is 0.216 e. The maximum absolute atomic E-state index is 7.18. The first-order valence-corrected chi connectivity index (χ1v) is 2.72. The molecule has 0 spiro atoms. The van der Waals surface area contributed by atoms with Crippen LogP contribution in [0.1, 0.15) is 5.56 Å². The van der Waals surface area contributed by atoms with Crippen LogP contribution in [0.25, 0.3) is 0 Å². The number of rotatable bonds is 1. The van der Waals surface area contributed by atoms with Crippen LogP contribution >= 0.6 is 12.4 Å². The highest BCUT2D eigenvalue weighted by Gasteiger charge is 1.97. The van der Waals surface area contributed by atoms with Gasteiger partial charge in [0.1, 0.15) is 6.33 Å². The molecule has 0 aliphatic rings. The number of hydrogen-bond acceptors (Lipinski definition) is 4. The molecule has 0 radical (unpaired) electrons. The number of halogens is 1.